The first-order chi connectivity index (χ1) is 9.08. The predicted octanol–water partition coefficient (Wildman–Crippen LogP) is 3.06. The Balaban J connectivity index is 2.49. The number of nitrogens with zero attached hydrogens (tertiary/aromatic N) is 1. The molecule has 0 aliphatic rings. The molecule has 0 radical (unpaired) electrons. The normalized spacial score (nSPS) is 12.1. The zero-order valence-corrected chi connectivity index (χ0v) is 11.2. The van der Waals surface area contributed by atoms with E-state index < -0.39 is 23.6 Å². The van der Waals surface area contributed by atoms with E-state index in [4.69, 9.17) is 9.57 Å². The maximum Gasteiger partial charge on any atom is 0.433 e. The highest BCUT2D eigenvalue weighted by molar-refractivity contribution is 5.66. The van der Waals surface area contributed by atoms with Gasteiger partial charge in [0.15, 0.2) is 0 Å². The Morgan fingerprint density at radius 3 is 2.50 bits per heavy atom. The largest absolute Gasteiger partial charge is 0.442 e. The molecule has 0 bridgehead atoms. The van der Waals surface area contributed by atoms with Gasteiger partial charge in [0.25, 0.3) is 0 Å². The molecule has 5 nitrogen and oxygen atoms in total. The first kappa shape index (κ1) is 16.2. The average Bonchev–Trinajstić information content (AvgIpc) is 2.25. The van der Waals surface area contributed by atoms with Gasteiger partial charge in [-0.2, -0.15) is 18.7 Å². The number of hydroxylamine groups is 1. The van der Waals surface area contributed by atoms with E-state index in [9.17, 15) is 18.0 Å². The molecule has 1 amide bonds. The molecule has 0 fully saturated rings. The molecule has 0 aliphatic heterocycles. The van der Waals surface area contributed by atoms with Crippen LogP contribution in [0.15, 0.2) is 18.2 Å². The molecule has 112 valence electrons. The van der Waals surface area contributed by atoms with E-state index in [-0.39, 0.29) is 12.3 Å². The molecule has 0 atom stereocenters. The monoisotopic (exact) mass is 292 g/mol. The summed E-state index contributed by atoms with van der Waals surface area (Å²) in [6.45, 7) is 4.70. The van der Waals surface area contributed by atoms with E-state index in [1.54, 1.807) is 20.8 Å². The summed E-state index contributed by atoms with van der Waals surface area (Å²) in [4.78, 5) is 19.3. The summed E-state index contributed by atoms with van der Waals surface area (Å²) in [6.07, 6.45) is -5.35. The fraction of sp³-hybridized carbons (Fsp3) is 0.500. The number of hydrogen-bond acceptors (Lipinski definition) is 4. The third kappa shape index (κ3) is 5.87. The third-order valence-electron chi connectivity index (χ3n) is 1.87. The van der Waals surface area contributed by atoms with Gasteiger partial charge in [-0.3, -0.25) is 4.84 Å². The molecule has 0 unspecified atom stereocenters. The van der Waals surface area contributed by atoms with Gasteiger partial charge >= 0.3 is 12.3 Å². The number of amides is 1. The summed E-state index contributed by atoms with van der Waals surface area (Å²) in [5.41, 5.74) is 0.291. The van der Waals surface area contributed by atoms with Crippen LogP contribution < -0.4 is 5.48 Å². The smallest absolute Gasteiger partial charge is 0.433 e. The lowest BCUT2D eigenvalue weighted by Crippen LogP contribution is -2.32. The molecule has 1 heterocycles. The van der Waals surface area contributed by atoms with Crippen molar-refractivity contribution in [3.05, 3.63) is 29.6 Å². The van der Waals surface area contributed by atoms with Crippen molar-refractivity contribution in [2.75, 3.05) is 0 Å². The molecule has 1 rings (SSSR count). The zero-order chi connectivity index (χ0) is 15.4. The van der Waals surface area contributed by atoms with Crippen molar-refractivity contribution in [2.45, 2.75) is 39.2 Å². The van der Waals surface area contributed by atoms with Crippen molar-refractivity contribution in [1.29, 1.82) is 0 Å². The Bertz CT molecular complexity index is 470. The summed E-state index contributed by atoms with van der Waals surface area (Å²) in [5, 5.41) is 0. The van der Waals surface area contributed by atoms with Crippen LogP contribution in [-0.2, 0) is 22.4 Å². The fourth-order valence-electron chi connectivity index (χ4n) is 1.19. The Morgan fingerprint density at radius 1 is 1.30 bits per heavy atom. The quantitative estimate of drug-likeness (QED) is 0.870. The number of halogens is 3. The highest BCUT2D eigenvalue weighted by Gasteiger charge is 2.32. The SMILES string of the molecule is CC(C)(C)OC(=O)NOCc1cccc(C(F)(F)F)n1. The number of nitrogens with one attached hydrogen (secondary N) is 1. The number of carbonyl (C=O) groups excluding carboxylic acids is 1. The van der Waals surface area contributed by atoms with Gasteiger partial charge < -0.3 is 4.74 Å². The number of aromatic nitrogens is 1. The number of ether oxygens (including phenoxy) is 1. The van der Waals surface area contributed by atoms with Crippen LogP contribution in [0.1, 0.15) is 32.2 Å². The van der Waals surface area contributed by atoms with Crippen LogP contribution in [-0.4, -0.2) is 16.7 Å². The van der Waals surface area contributed by atoms with Gasteiger partial charge in [0.1, 0.15) is 17.9 Å². The van der Waals surface area contributed by atoms with Crippen molar-refractivity contribution < 1.29 is 27.5 Å². The minimum atomic E-state index is -4.52. The van der Waals surface area contributed by atoms with Crippen molar-refractivity contribution in [2.24, 2.45) is 0 Å². The van der Waals surface area contributed by atoms with Crippen molar-refractivity contribution >= 4 is 6.09 Å². The Kier molecular flexibility index (Phi) is 4.93. The van der Waals surface area contributed by atoms with Crippen LogP contribution in [0.5, 0.6) is 0 Å². The van der Waals surface area contributed by atoms with E-state index in [0.717, 1.165) is 6.07 Å². The molecule has 8 heteroatoms. The van der Waals surface area contributed by atoms with Crippen LogP contribution in [0.25, 0.3) is 0 Å². The van der Waals surface area contributed by atoms with E-state index in [1.807, 2.05) is 5.48 Å². The second-order valence-corrected chi connectivity index (χ2v) is 4.90. The first-order valence-corrected chi connectivity index (χ1v) is 5.72. The fourth-order valence-corrected chi connectivity index (χ4v) is 1.19. The molecule has 1 N–H and O–H groups in total. The summed E-state index contributed by atoms with van der Waals surface area (Å²) >= 11 is 0. The molecule has 0 saturated heterocycles. The van der Waals surface area contributed by atoms with Gasteiger partial charge in [-0.15, -0.1) is 0 Å². The number of alkyl halides is 3. The predicted molar refractivity (Wildman–Crippen MR) is 63.4 cm³/mol. The van der Waals surface area contributed by atoms with Crippen molar-refractivity contribution in [1.82, 2.24) is 10.5 Å². The average molecular weight is 292 g/mol. The minimum Gasteiger partial charge on any atom is -0.442 e. The van der Waals surface area contributed by atoms with Crippen LogP contribution in [0.3, 0.4) is 0 Å². The van der Waals surface area contributed by atoms with Gasteiger partial charge in [-0.1, -0.05) is 6.07 Å². The summed E-state index contributed by atoms with van der Waals surface area (Å²) in [5.74, 6) is 0. The summed E-state index contributed by atoms with van der Waals surface area (Å²) in [6, 6.07) is 3.42. The van der Waals surface area contributed by atoms with Crippen LogP contribution in [0.4, 0.5) is 18.0 Å². The molecular weight excluding hydrogens is 277 g/mol. The maximum absolute atomic E-state index is 12.4. The van der Waals surface area contributed by atoms with E-state index in [1.165, 1.54) is 12.1 Å². The molecule has 20 heavy (non-hydrogen) atoms. The van der Waals surface area contributed by atoms with Gasteiger partial charge in [0.05, 0.1) is 5.69 Å². The van der Waals surface area contributed by atoms with E-state index >= 15 is 0 Å². The summed E-state index contributed by atoms with van der Waals surface area (Å²) < 4.78 is 42.1. The van der Waals surface area contributed by atoms with Crippen LogP contribution in [0.2, 0.25) is 0 Å². The Labute approximate surface area is 114 Å². The van der Waals surface area contributed by atoms with Gasteiger partial charge in [-0.05, 0) is 32.9 Å². The lowest BCUT2D eigenvalue weighted by Gasteiger charge is -2.19. The van der Waals surface area contributed by atoms with Gasteiger partial charge in [-0.25, -0.2) is 9.78 Å². The standard InChI is InChI=1S/C12H15F3N2O3/c1-11(2,3)20-10(18)17-19-7-8-5-4-6-9(16-8)12(13,14)15/h4-6H,7H2,1-3H3,(H,17,18). The topological polar surface area (TPSA) is 60.5 Å². The minimum absolute atomic E-state index is 0.0379. The van der Waals surface area contributed by atoms with Crippen LogP contribution >= 0.6 is 0 Å². The number of hydrogen-bond donors (Lipinski definition) is 1. The molecule has 1 aromatic heterocycles. The second kappa shape index (κ2) is 6.08. The molecule has 0 aromatic carbocycles. The molecular formula is C12H15F3N2O3. The molecule has 0 spiro atoms. The zero-order valence-electron chi connectivity index (χ0n) is 11.2. The maximum atomic E-state index is 12.4. The number of pyridine rings is 1. The first-order valence-electron chi connectivity index (χ1n) is 5.72. The van der Waals surface area contributed by atoms with Crippen molar-refractivity contribution in [3.63, 3.8) is 0 Å². The second-order valence-electron chi connectivity index (χ2n) is 4.90. The van der Waals surface area contributed by atoms with Crippen LogP contribution in [0, 0.1) is 0 Å². The number of carbonyl (C=O) groups is 1. The Hall–Kier alpha value is -1.83. The van der Waals surface area contributed by atoms with E-state index in [2.05, 4.69) is 4.98 Å². The highest BCUT2D eigenvalue weighted by Crippen LogP contribution is 2.27. The lowest BCUT2D eigenvalue weighted by atomic mass is 10.2. The Morgan fingerprint density at radius 2 is 1.95 bits per heavy atom. The highest BCUT2D eigenvalue weighted by atomic mass is 19.4. The number of rotatable bonds is 3. The summed E-state index contributed by atoms with van der Waals surface area (Å²) in [7, 11) is 0. The van der Waals surface area contributed by atoms with Gasteiger partial charge in [0, 0.05) is 0 Å². The molecule has 0 aliphatic carbocycles. The lowest BCUT2D eigenvalue weighted by molar-refractivity contribution is -0.141. The molecule has 0 saturated carbocycles. The van der Waals surface area contributed by atoms with E-state index in [0.29, 0.717) is 0 Å². The van der Waals surface area contributed by atoms with Gasteiger partial charge in [0.2, 0.25) is 0 Å². The molecule has 1 aromatic rings. The third-order valence-corrected chi connectivity index (χ3v) is 1.87. The van der Waals surface area contributed by atoms with Crippen molar-refractivity contribution in [3.8, 4) is 0 Å².